The maximum absolute atomic E-state index is 13.0. The Balaban J connectivity index is 3.01. The minimum Gasteiger partial charge on any atom is -0.481 e. The molecule has 0 atom stereocenters. The van der Waals surface area contributed by atoms with Crippen molar-refractivity contribution in [3.8, 4) is 0 Å². The minimum absolute atomic E-state index is 0.0161. The van der Waals surface area contributed by atoms with Crippen LogP contribution in [-0.2, 0) is 4.79 Å². The summed E-state index contributed by atoms with van der Waals surface area (Å²) in [4.78, 5) is 19.9. The number of benzene rings is 1. The van der Waals surface area contributed by atoms with Gasteiger partial charge < -0.3 is 5.11 Å². The number of nitrogens with zero attached hydrogens (tertiary/aromatic N) is 1. The molecule has 80 valence electrons. The van der Waals surface area contributed by atoms with Gasteiger partial charge in [-0.2, -0.15) is 4.39 Å². The standard InChI is InChI=1S/C8H6FNO4S/c9-5-2-1-3-6(8(5)10(13)14)15-4-7(11)12/h1-3H,4H2,(H,11,12). The van der Waals surface area contributed by atoms with E-state index in [4.69, 9.17) is 5.11 Å². The van der Waals surface area contributed by atoms with Crippen LogP contribution in [0.15, 0.2) is 23.1 Å². The third-order valence-corrected chi connectivity index (χ3v) is 2.52. The van der Waals surface area contributed by atoms with E-state index in [1.54, 1.807) is 0 Å². The first-order valence-electron chi connectivity index (χ1n) is 3.80. The molecule has 0 unspecified atom stereocenters. The summed E-state index contributed by atoms with van der Waals surface area (Å²) in [6.45, 7) is 0. The van der Waals surface area contributed by atoms with Crippen molar-refractivity contribution >= 4 is 23.4 Å². The Labute approximate surface area is 88.1 Å². The Morgan fingerprint density at radius 1 is 1.60 bits per heavy atom. The number of carboxylic acid groups (broad SMARTS) is 1. The largest absolute Gasteiger partial charge is 0.481 e. The first-order valence-corrected chi connectivity index (χ1v) is 4.78. The van der Waals surface area contributed by atoms with E-state index in [0.717, 1.165) is 6.07 Å². The number of nitro groups is 1. The molecule has 1 N–H and O–H groups in total. The molecule has 5 nitrogen and oxygen atoms in total. The van der Waals surface area contributed by atoms with Gasteiger partial charge in [-0.1, -0.05) is 6.07 Å². The summed E-state index contributed by atoms with van der Waals surface area (Å²) >= 11 is 0.716. The fourth-order valence-electron chi connectivity index (χ4n) is 0.929. The lowest BCUT2D eigenvalue weighted by atomic mass is 10.3. The maximum atomic E-state index is 13.0. The van der Waals surface area contributed by atoms with E-state index in [9.17, 15) is 19.3 Å². The van der Waals surface area contributed by atoms with Gasteiger partial charge in [-0.25, -0.2) is 0 Å². The molecule has 0 heterocycles. The second kappa shape index (κ2) is 4.74. The lowest BCUT2D eigenvalue weighted by molar-refractivity contribution is -0.390. The molecule has 0 saturated heterocycles. The highest BCUT2D eigenvalue weighted by Gasteiger charge is 2.20. The van der Waals surface area contributed by atoms with Gasteiger partial charge in [0.1, 0.15) is 0 Å². The number of rotatable bonds is 4. The average molecular weight is 231 g/mol. The Morgan fingerprint density at radius 2 is 2.27 bits per heavy atom. The monoisotopic (exact) mass is 231 g/mol. The molecular formula is C8H6FNO4S. The molecule has 0 saturated carbocycles. The Bertz CT molecular complexity index is 410. The molecular weight excluding hydrogens is 225 g/mol. The highest BCUT2D eigenvalue weighted by atomic mass is 32.2. The van der Waals surface area contributed by atoms with Gasteiger partial charge in [0.25, 0.3) is 0 Å². The number of aliphatic carboxylic acids is 1. The molecule has 0 fully saturated rings. The van der Waals surface area contributed by atoms with E-state index < -0.39 is 22.4 Å². The summed E-state index contributed by atoms with van der Waals surface area (Å²) in [5.41, 5.74) is -0.677. The minimum atomic E-state index is -1.11. The lowest BCUT2D eigenvalue weighted by Gasteiger charge is -2.00. The molecule has 0 bridgehead atoms. The summed E-state index contributed by atoms with van der Waals surface area (Å²) in [7, 11) is 0. The molecule has 0 aliphatic carbocycles. The van der Waals surface area contributed by atoms with Crippen LogP contribution in [-0.4, -0.2) is 21.8 Å². The van der Waals surface area contributed by atoms with Crippen LogP contribution in [0.4, 0.5) is 10.1 Å². The summed E-state index contributed by atoms with van der Waals surface area (Å²) in [5, 5.41) is 18.9. The predicted molar refractivity (Wildman–Crippen MR) is 51.4 cm³/mol. The van der Waals surface area contributed by atoms with Crippen LogP contribution in [0.5, 0.6) is 0 Å². The molecule has 1 aromatic rings. The molecule has 0 aliphatic heterocycles. The molecule has 0 radical (unpaired) electrons. The van der Waals surface area contributed by atoms with Crippen LogP contribution < -0.4 is 0 Å². The number of nitro benzene ring substituents is 1. The second-order valence-corrected chi connectivity index (χ2v) is 3.54. The number of thioether (sulfide) groups is 1. The fourth-order valence-corrected chi connectivity index (χ4v) is 1.69. The van der Waals surface area contributed by atoms with E-state index in [1.807, 2.05) is 0 Å². The van der Waals surface area contributed by atoms with E-state index in [0.29, 0.717) is 11.8 Å². The van der Waals surface area contributed by atoms with Crippen molar-refractivity contribution in [1.82, 2.24) is 0 Å². The van der Waals surface area contributed by atoms with Gasteiger partial charge in [0, 0.05) is 0 Å². The Hall–Kier alpha value is -1.63. The first kappa shape index (κ1) is 11.4. The second-order valence-electron chi connectivity index (χ2n) is 2.53. The van der Waals surface area contributed by atoms with Crippen molar-refractivity contribution in [2.24, 2.45) is 0 Å². The van der Waals surface area contributed by atoms with Gasteiger partial charge in [0.2, 0.25) is 5.82 Å². The quantitative estimate of drug-likeness (QED) is 0.486. The van der Waals surface area contributed by atoms with Gasteiger partial charge in [-0.05, 0) is 12.1 Å². The highest BCUT2D eigenvalue weighted by Crippen LogP contribution is 2.30. The number of carbonyl (C=O) groups is 1. The van der Waals surface area contributed by atoms with E-state index in [1.165, 1.54) is 12.1 Å². The van der Waals surface area contributed by atoms with Gasteiger partial charge in [0.05, 0.1) is 15.6 Å². The third kappa shape index (κ3) is 2.91. The summed E-state index contributed by atoms with van der Waals surface area (Å²) in [6, 6.07) is 3.57. The number of para-hydroxylation sites is 1. The molecule has 0 aromatic heterocycles. The van der Waals surface area contributed by atoms with Crippen LogP contribution in [0.25, 0.3) is 0 Å². The van der Waals surface area contributed by atoms with Gasteiger partial charge in [0.15, 0.2) is 0 Å². The topological polar surface area (TPSA) is 80.4 Å². The molecule has 1 aromatic carbocycles. The van der Waals surface area contributed by atoms with Crippen molar-refractivity contribution in [2.45, 2.75) is 4.90 Å². The number of hydrogen-bond donors (Lipinski definition) is 1. The molecule has 15 heavy (non-hydrogen) atoms. The van der Waals surface area contributed by atoms with Crippen LogP contribution in [0, 0.1) is 15.9 Å². The van der Waals surface area contributed by atoms with Crippen molar-refractivity contribution < 1.29 is 19.2 Å². The molecule has 7 heteroatoms. The Morgan fingerprint density at radius 3 is 2.80 bits per heavy atom. The molecule has 0 amide bonds. The smallest absolute Gasteiger partial charge is 0.318 e. The maximum Gasteiger partial charge on any atom is 0.318 e. The van der Waals surface area contributed by atoms with Crippen molar-refractivity contribution in [3.63, 3.8) is 0 Å². The first-order chi connectivity index (χ1) is 7.02. The van der Waals surface area contributed by atoms with Gasteiger partial charge >= 0.3 is 11.7 Å². The van der Waals surface area contributed by atoms with E-state index >= 15 is 0 Å². The van der Waals surface area contributed by atoms with Gasteiger partial charge in [-0.3, -0.25) is 14.9 Å². The van der Waals surface area contributed by atoms with E-state index in [2.05, 4.69) is 0 Å². The van der Waals surface area contributed by atoms with Crippen molar-refractivity contribution in [2.75, 3.05) is 5.75 Å². The normalized spacial score (nSPS) is 9.93. The number of carboxylic acids is 1. The zero-order valence-corrected chi connectivity index (χ0v) is 8.16. The zero-order chi connectivity index (χ0) is 11.4. The fraction of sp³-hybridized carbons (Fsp3) is 0.125. The molecule has 0 spiro atoms. The summed E-state index contributed by atoms with van der Waals surface area (Å²) in [6.07, 6.45) is 0. The molecule has 1 rings (SSSR count). The van der Waals surface area contributed by atoms with Crippen LogP contribution in [0.1, 0.15) is 0 Å². The third-order valence-electron chi connectivity index (χ3n) is 1.48. The predicted octanol–water partition coefficient (Wildman–Crippen LogP) is 1.91. The van der Waals surface area contributed by atoms with Crippen LogP contribution >= 0.6 is 11.8 Å². The SMILES string of the molecule is O=C(O)CSc1cccc(F)c1[N+](=O)[O-]. The number of halogens is 1. The highest BCUT2D eigenvalue weighted by molar-refractivity contribution is 8.00. The van der Waals surface area contributed by atoms with Gasteiger partial charge in [-0.15, -0.1) is 11.8 Å². The summed E-state index contributed by atoms with van der Waals surface area (Å²) in [5.74, 6) is -2.42. The van der Waals surface area contributed by atoms with Crippen LogP contribution in [0.2, 0.25) is 0 Å². The zero-order valence-electron chi connectivity index (χ0n) is 7.34. The van der Waals surface area contributed by atoms with Crippen LogP contribution in [0.3, 0.4) is 0 Å². The van der Waals surface area contributed by atoms with Crippen molar-refractivity contribution in [1.29, 1.82) is 0 Å². The van der Waals surface area contributed by atoms with Crippen molar-refractivity contribution in [3.05, 3.63) is 34.1 Å². The van der Waals surface area contributed by atoms with E-state index in [-0.39, 0.29) is 10.6 Å². The number of hydrogen-bond acceptors (Lipinski definition) is 4. The lowest BCUT2D eigenvalue weighted by Crippen LogP contribution is -2.00. The molecule has 0 aliphatic rings. The Kier molecular flexibility index (Phi) is 3.62. The summed E-state index contributed by atoms with van der Waals surface area (Å²) < 4.78 is 13.0. The average Bonchev–Trinajstić information content (AvgIpc) is 2.13.